The molecule has 26 heavy (non-hydrogen) atoms. The number of amides is 1. The molecule has 0 radical (unpaired) electrons. The summed E-state index contributed by atoms with van der Waals surface area (Å²) in [4.78, 5) is 23.8. The van der Waals surface area contributed by atoms with Gasteiger partial charge in [0, 0.05) is 0 Å². The number of hydrogen-bond acceptors (Lipinski definition) is 8. The Morgan fingerprint density at radius 2 is 1.62 bits per heavy atom. The predicted octanol–water partition coefficient (Wildman–Crippen LogP) is 2.56. The molecular formula is C17H16N6O2S. The van der Waals surface area contributed by atoms with Crippen molar-refractivity contribution in [3.63, 3.8) is 0 Å². The van der Waals surface area contributed by atoms with Crippen molar-refractivity contribution in [3.05, 3.63) is 54.6 Å². The molecule has 0 aliphatic rings. The summed E-state index contributed by atoms with van der Waals surface area (Å²) in [5.74, 6) is 1.11. The van der Waals surface area contributed by atoms with Gasteiger partial charge in [0.2, 0.25) is 17.8 Å². The number of rotatable bonds is 6. The van der Waals surface area contributed by atoms with Gasteiger partial charge in [-0.3, -0.25) is 4.79 Å². The number of nitrogen functional groups attached to an aromatic ring is 2. The van der Waals surface area contributed by atoms with E-state index in [0.717, 1.165) is 11.8 Å². The number of anilines is 3. The number of para-hydroxylation sites is 3. The van der Waals surface area contributed by atoms with Gasteiger partial charge in [-0.25, -0.2) is 0 Å². The number of thioether (sulfide) groups is 1. The van der Waals surface area contributed by atoms with Crippen LogP contribution in [0.15, 0.2) is 59.8 Å². The van der Waals surface area contributed by atoms with E-state index < -0.39 is 0 Å². The zero-order valence-electron chi connectivity index (χ0n) is 13.6. The first-order valence-corrected chi connectivity index (χ1v) is 8.60. The Labute approximate surface area is 154 Å². The molecule has 0 saturated heterocycles. The minimum atomic E-state index is -0.239. The summed E-state index contributed by atoms with van der Waals surface area (Å²) in [6.07, 6.45) is 0. The van der Waals surface area contributed by atoms with E-state index in [1.165, 1.54) is 0 Å². The molecule has 2 aromatic carbocycles. The van der Waals surface area contributed by atoms with Gasteiger partial charge in [-0.05, 0) is 24.3 Å². The first-order valence-electron chi connectivity index (χ1n) is 7.62. The number of ether oxygens (including phenoxy) is 1. The van der Waals surface area contributed by atoms with Crippen LogP contribution in [-0.4, -0.2) is 26.6 Å². The topological polar surface area (TPSA) is 129 Å². The van der Waals surface area contributed by atoms with Crippen molar-refractivity contribution in [1.29, 1.82) is 0 Å². The van der Waals surface area contributed by atoms with E-state index in [4.69, 9.17) is 16.2 Å². The fourth-order valence-corrected chi connectivity index (χ4v) is 2.69. The minimum absolute atomic E-state index is 0.0158. The Bertz CT molecular complexity index is 887. The van der Waals surface area contributed by atoms with Gasteiger partial charge in [-0.15, -0.1) is 0 Å². The molecule has 0 atom stereocenters. The lowest BCUT2D eigenvalue weighted by Gasteiger charge is -2.12. The summed E-state index contributed by atoms with van der Waals surface area (Å²) < 4.78 is 5.82. The third-order valence-electron chi connectivity index (χ3n) is 3.11. The third-order valence-corrected chi connectivity index (χ3v) is 3.96. The third kappa shape index (κ3) is 4.84. The molecule has 1 amide bonds. The number of nitrogens with one attached hydrogen (secondary N) is 1. The molecule has 0 bridgehead atoms. The minimum Gasteiger partial charge on any atom is -0.455 e. The molecule has 3 rings (SSSR count). The molecule has 0 aliphatic heterocycles. The van der Waals surface area contributed by atoms with Crippen molar-refractivity contribution in [3.8, 4) is 11.5 Å². The van der Waals surface area contributed by atoms with Gasteiger partial charge in [0.15, 0.2) is 10.9 Å². The van der Waals surface area contributed by atoms with Gasteiger partial charge in [0.05, 0.1) is 11.4 Å². The molecule has 1 heterocycles. The molecule has 0 unspecified atom stereocenters. The van der Waals surface area contributed by atoms with E-state index in [2.05, 4.69) is 20.3 Å². The SMILES string of the molecule is Nc1nc(N)nc(SCC(=O)Nc2ccccc2Oc2ccccc2)n1. The number of nitrogens with two attached hydrogens (primary N) is 2. The van der Waals surface area contributed by atoms with Gasteiger partial charge >= 0.3 is 0 Å². The lowest BCUT2D eigenvalue weighted by molar-refractivity contribution is -0.113. The molecule has 1 aromatic heterocycles. The van der Waals surface area contributed by atoms with Crippen LogP contribution in [-0.2, 0) is 4.79 Å². The summed E-state index contributed by atoms with van der Waals surface area (Å²) in [6.45, 7) is 0. The van der Waals surface area contributed by atoms with Crippen LogP contribution in [0.2, 0.25) is 0 Å². The van der Waals surface area contributed by atoms with E-state index in [9.17, 15) is 4.79 Å². The van der Waals surface area contributed by atoms with Crippen LogP contribution >= 0.6 is 11.8 Å². The van der Waals surface area contributed by atoms with Crippen molar-refractivity contribution in [1.82, 2.24) is 15.0 Å². The van der Waals surface area contributed by atoms with Crippen molar-refractivity contribution < 1.29 is 9.53 Å². The van der Waals surface area contributed by atoms with Crippen LogP contribution in [0.25, 0.3) is 0 Å². The van der Waals surface area contributed by atoms with Crippen LogP contribution in [0.5, 0.6) is 11.5 Å². The highest BCUT2D eigenvalue weighted by molar-refractivity contribution is 7.99. The maximum absolute atomic E-state index is 12.2. The average molecular weight is 368 g/mol. The lowest BCUT2D eigenvalue weighted by Crippen LogP contribution is -2.15. The Kier molecular flexibility index (Phi) is 5.49. The summed E-state index contributed by atoms with van der Waals surface area (Å²) in [5.41, 5.74) is 11.6. The van der Waals surface area contributed by atoms with Crippen molar-refractivity contribution in [2.24, 2.45) is 0 Å². The highest BCUT2D eigenvalue weighted by Crippen LogP contribution is 2.29. The molecule has 5 N–H and O–H groups in total. The van der Waals surface area contributed by atoms with E-state index in [1.807, 2.05) is 42.5 Å². The Balaban J connectivity index is 1.64. The number of carbonyl (C=O) groups excluding carboxylic acids is 1. The second kappa shape index (κ2) is 8.17. The van der Waals surface area contributed by atoms with Crippen molar-refractivity contribution in [2.45, 2.75) is 5.16 Å². The van der Waals surface area contributed by atoms with Gasteiger partial charge in [0.25, 0.3) is 0 Å². The van der Waals surface area contributed by atoms with Crippen LogP contribution < -0.4 is 21.5 Å². The zero-order chi connectivity index (χ0) is 18.4. The second-order valence-electron chi connectivity index (χ2n) is 5.08. The monoisotopic (exact) mass is 368 g/mol. The lowest BCUT2D eigenvalue weighted by atomic mass is 10.3. The van der Waals surface area contributed by atoms with E-state index in [-0.39, 0.29) is 23.6 Å². The summed E-state index contributed by atoms with van der Waals surface area (Å²) >= 11 is 1.11. The van der Waals surface area contributed by atoms with Crippen LogP contribution in [0.3, 0.4) is 0 Å². The molecule has 0 saturated carbocycles. The van der Waals surface area contributed by atoms with Crippen LogP contribution in [0, 0.1) is 0 Å². The van der Waals surface area contributed by atoms with E-state index in [1.54, 1.807) is 12.1 Å². The molecule has 0 spiro atoms. The maximum Gasteiger partial charge on any atom is 0.234 e. The van der Waals surface area contributed by atoms with Crippen LogP contribution in [0.4, 0.5) is 17.6 Å². The standard InChI is InChI=1S/C17H16N6O2S/c18-15-21-16(19)23-17(22-15)26-10-14(24)20-12-8-4-5-9-13(12)25-11-6-2-1-3-7-11/h1-9H,10H2,(H,20,24)(H4,18,19,21,22,23). The van der Waals surface area contributed by atoms with E-state index in [0.29, 0.717) is 22.3 Å². The molecule has 0 fully saturated rings. The zero-order valence-corrected chi connectivity index (χ0v) is 14.4. The molecule has 3 aromatic rings. The Morgan fingerprint density at radius 3 is 2.35 bits per heavy atom. The molecule has 0 aliphatic carbocycles. The fourth-order valence-electron chi connectivity index (χ4n) is 2.04. The predicted molar refractivity (Wildman–Crippen MR) is 101 cm³/mol. The van der Waals surface area contributed by atoms with E-state index >= 15 is 0 Å². The van der Waals surface area contributed by atoms with Crippen LogP contribution in [0.1, 0.15) is 0 Å². The molecule has 132 valence electrons. The van der Waals surface area contributed by atoms with Gasteiger partial charge in [0.1, 0.15) is 5.75 Å². The molecular weight excluding hydrogens is 352 g/mol. The Hall–Kier alpha value is -3.33. The number of nitrogens with zero attached hydrogens (tertiary/aromatic N) is 3. The maximum atomic E-state index is 12.2. The first kappa shape index (κ1) is 17.5. The van der Waals surface area contributed by atoms with Gasteiger partial charge < -0.3 is 21.5 Å². The number of hydrogen-bond donors (Lipinski definition) is 3. The number of carbonyl (C=O) groups is 1. The smallest absolute Gasteiger partial charge is 0.234 e. The number of aromatic nitrogens is 3. The highest BCUT2D eigenvalue weighted by atomic mass is 32.2. The average Bonchev–Trinajstić information content (AvgIpc) is 2.62. The summed E-state index contributed by atoms with van der Waals surface area (Å²) in [5, 5.41) is 3.10. The second-order valence-corrected chi connectivity index (χ2v) is 6.03. The first-order chi connectivity index (χ1) is 12.6. The highest BCUT2D eigenvalue weighted by Gasteiger charge is 2.11. The van der Waals surface area contributed by atoms with Gasteiger partial charge in [-0.2, -0.15) is 15.0 Å². The summed E-state index contributed by atoms with van der Waals surface area (Å²) in [6, 6.07) is 16.5. The Morgan fingerprint density at radius 1 is 0.962 bits per heavy atom. The normalized spacial score (nSPS) is 10.3. The van der Waals surface area contributed by atoms with Crippen molar-refractivity contribution in [2.75, 3.05) is 22.5 Å². The van der Waals surface area contributed by atoms with Gasteiger partial charge in [-0.1, -0.05) is 42.1 Å². The fraction of sp³-hybridized carbons (Fsp3) is 0.0588. The molecule has 8 nitrogen and oxygen atoms in total. The number of benzene rings is 2. The largest absolute Gasteiger partial charge is 0.455 e. The molecule has 9 heteroatoms. The summed E-state index contributed by atoms with van der Waals surface area (Å²) in [7, 11) is 0. The van der Waals surface area contributed by atoms with Crippen molar-refractivity contribution >= 4 is 35.3 Å². The quantitative estimate of drug-likeness (QED) is 0.566.